The van der Waals surface area contributed by atoms with E-state index in [4.69, 9.17) is 18.8 Å². The third-order valence-electron chi connectivity index (χ3n) is 6.34. The van der Waals surface area contributed by atoms with Crippen molar-refractivity contribution in [3.8, 4) is 46.1 Å². The number of aryl methyl sites for hydroxylation is 2. The summed E-state index contributed by atoms with van der Waals surface area (Å²) in [7, 11) is 0. The summed E-state index contributed by atoms with van der Waals surface area (Å²) < 4.78 is 12.0. The minimum atomic E-state index is 0.353. The highest BCUT2D eigenvalue weighted by molar-refractivity contribution is 5.82. The molecular formula is C30H20N6O2. The van der Waals surface area contributed by atoms with E-state index in [0.717, 1.165) is 44.1 Å². The van der Waals surface area contributed by atoms with E-state index in [-0.39, 0.29) is 0 Å². The first-order chi connectivity index (χ1) is 18.6. The van der Waals surface area contributed by atoms with E-state index in [1.165, 1.54) is 0 Å². The quantitative estimate of drug-likeness (QED) is 0.261. The fourth-order valence-electron chi connectivity index (χ4n) is 4.36. The zero-order chi connectivity index (χ0) is 25.6. The minimum Gasteiger partial charge on any atom is -0.415 e. The van der Waals surface area contributed by atoms with E-state index in [1.54, 1.807) is 0 Å². The van der Waals surface area contributed by atoms with Crippen molar-refractivity contribution >= 4 is 21.8 Å². The van der Waals surface area contributed by atoms with Crippen LogP contribution in [0.5, 0.6) is 0 Å². The smallest absolute Gasteiger partial charge is 0.266 e. The number of rotatable bonds is 4. The van der Waals surface area contributed by atoms with Gasteiger partial charge in [0.05, 0.1) is 11.0 Å². The van der Waals surface area contributed by atoms with E-state index in [9.17, 15) is 0 Å². The Bertz CT molecular complexity index is 1830. The Morgan fingerprint density at radius 3 is 1.42 bits per heavy atom. The molecule has 7 aromatic rings. The molecule has 4 aromatic heterocycles. The van der Waals surface area contributed by atoms with Crippen LogP contribution < -0.4 is 0 Å². The first-order valence-corrected chi connectivity index (χ1v) is 12.1. The number of hydrogen-bond donors (Lipinski definition) is 0. The molecule has 38 heavy (non-hydrogen) atoms. The van der Waals surface area contributed by atoms with Crippen LogP contribution in [0.15, 0.2) is 93.8 Å². The van der Waals surface area contributed by atoms with Crippen LogP contribution in [0.1, 0.15) is 11.1 Å². The lowest BCUT2D eigenvalue weighted by molar-refractivity contribution is 0.580. The van der Waals surface area contributed by atoms with Gasteiger partial charge in [-0.05, 0) is 67.4 Å². The van der Waals surface area contributed by atoms with Crippen molar-refractivity contribution in [2.75, 3.05) is 0 Å². The number of aromatic nitrogens is 6. The topological polar surface area (TPSA) is 104 Å². The van der Waals surface area contributed by atoms with Crippen molar-refractivity contribution < 1.29 is 8.83 Å². The number of fused-ring (bicyclic) bond motifs is 2. The van der Waals surface area contributed by atoms with Gasteiger partial charge >= 0.3 is 0 Å². The van der Waals surface area contributed by atoms with Gasteiger partial charge in [-0.2, -0.15) is 0 Å². The lowest BCUT2D eigenvalue weighted by Crippen LogP contribution is -1.86. The van der Waals surface area contributed by atoms with Crippen LogP contribution in [0.25, 0.3) is 67.9 Å². The molecule has 4 heterocycles. The Morgan fingerprint density at radius 1 is 0.474 bits per heavy atom. The molecule has 0 atom stereocenters. The summed E-state index contributed by atoms with van der Waals surface area (Å²) in [6.45, 7) is 4.08. The zero-order valence-electron chi connectivity index (χ0n) is 20.6. The van der Waals surface area contributed by atoms with Crippen molar-refractivity contribution in [3.05, 3.63) is 96.1 Å². The summed E-state index contributed by atoms with van der Waals surface area (Å²) in [5.74, 6) is 1.46. The van der Waals surface area contributed by atoms with Gasteiger partial charge < -0.3 is 8.83 Å². The molecular weight excluding hydrogens is 476 g/mol. The van der Waals surface area contributed by atoms with E-state index in [2.05, 4.69) is 32.5 Å². The molecule has 8 nitrogen and oxygen atoms in total. The maximum atomic E-state index is 5.99. The second-order valence-electron chi connectivity index (χ2n) is 9.19. The van der Waals surface area contributed by atoms with Crippen LogP contribution in [0.2, 0.25) is 0 Å². The van der Waals surface area contributed by atoms with Crippen LogP contribution >= 0.6 is 0 Å². The lowest BCUT2D eigenvalue weighted by atomic mass is 10.1. The molecule has 0 bridgehead atoms. The fourth-order valence-corrected chi connectivity index (χ4v) is 4.36. The number of pyridine rings is 2. The Morgan fingerprint density at radius 2 is 0.921 bits per heavy atom. The van der Waals surface area contributed by atoms with E-state index in [0.29, 0.717) is 35.0 Å². The third kappa shape index (κ3) is 3.98. The van der Waals surface area contributed by atoms with Gasteiger partial charge in [-0.25, -0.2) is 9.97 Å². The Hall–Kier alpha value is -5.24. The number of hydrogen-bond acceptors (Lipinski definition) is 8. The molecule has 0 N–H and O–H groups in total. The molecule has 0 aliphatic carbocycles. The molecule has 0 radical (unpaired) electrons. The second-order valence-corrected chi connectivity index (χ2v) is 9.19. The molecule has 0 saturated heterocycles. The van der Waals surface area contributed by atoms with Crippen LogP contribution in [0.4, 0.5) is 0 Å². The van der Waals surface area contributed by atoms with Crippen molar-refractivity contribution in [1.82, 2.24) is 30.4 Å². The Balaban J connectivity index is 1.19. The molecule has 8 heteroatoms. The molecule has 182 valence electrons. The van der Waals surface area contributed by atoms with Gasteiger partial charge in [0.2, 0.25) is 11.8 Å². The summed E-state index contributed by atoms with van der Waals surface area (Å²) in [5.41, 5.74) is 6.76. The van der Waals surface area contributed by atoms with Gasteiger partial charge in [-0.3, -0.25) is 0 Å². The van der Waals surface area contributed by atoms with Crippen molar-refractivity contribution in [2.45, 2.75) is 13.8 Å². The normalized spacial score (nSPS) is 11.4. The largest absolute Gasteiger partial charge is 0.415 e. The average molecular weight is 497 g/mol. The second kappa shape index (κ2) is 8.70. The molecule has 0 fully saturated rings. The van der Waals surface area contributed by atoms with Gasteiger partial charge in [0.25, 0.3) is 11.8 Å². The van der Waals surface area contributed by atoms with Crippen molar-refractivity contribution in [1.29, 1.82) is 0 Å². The summed E-state index contributed by atoms with van der Waals surface area (Å²) in [6, 6.07) is 27.6. The minimum absolute atomic E-state index is 0.353. The summed E-state index contributed by atoms with van der Waals surface area (Å²) in [4.78, 5) is 9.40. The van der Waals surface area contributed by atoms with E-state index >= 15 is 0 Å². The molecule has 0 aliphatic heterocycles. The number of nitrogens with zero attached hydrogens (tertiary/aromatic N) is 6. The first kappa shape index (κ1) is 22.0. The van der Waals surface area contributed by atoms with Crippen LogP contribution in [0.3, 0.4) is 0 Å². The molecule has 0 amide bonds. The Kier molecular flexibility index (Phi) is 5.04. The molecule has 0 spiro atoms. The summed E-state index contributed by atoms with van der Waals surface area (Å²) in [5, 5.41) is 19.1. The summed E-state index contributed by atoms with van der Waals surface area (Å²) in [6.07, 6.45) is 0. The van der Waals surface area contributed by atoms with E-state index in [1.807, 2.05) is 86.6 Å². The predicted molar refractivity (Wildman–Crippen MR) is 144 cm³/mol. The molecule has 7 rings (SSSR count). The molecule has 0 aliphatic rings. The van der Waals surface area contributed by atoms with Gasteiger partial charge in [-0.15, -0.1) is 20.4 Å². The van der Waals surface area contributed by atoms with Crippen LogP contribution in [-0.2, 0) is 0 Å². The highest BCUT2D eigenvalue weighted by Gasteiger charge is 2.16. The third-order valence-corrected chi connectivity index (χ3v) is 6.34. The van der Waals surface area contributed by atoms with Crippen molar-refractivity contribution in [3.63, 3.8) is 0 Å². The maximum absolute atomic E-state index is 5.99. The monoisotopic (exact) mass is 496 g/mol. The zero-order valence-corrected chi connectivity index (χ0v) is 20.6. The predicted octanol–water partition coefficient (Wildman–Crippen LogP) is 6.83. The summed E-state index contributed by atoms with van der Waals surface area (Å²) >= 11 is 0. The molecule has 0 saturated carbocycles. The van der Waals surface area contributed by atoms with Crippen LogP contribution in [0, 0.1) is 13.8 Å². The number of benzene rings is 3. The van der Waals surface area contributed by atoms with Gasteiger partial charge in [0, 0.05) is 21.9 Å². The van der Waals surface area contributed by atoms with Crippen LogP contribution in [-0.4, -0.2) is 30.4 Å². The standard InChI is InChI=1S/C30H20N6O2/c1-17-6-8-19-10-12-23(31-25(19)14-17)29-35-33-27(37-29)21-4-3-5-22(16-21)28-34-36-30(38-28)24-13-11-20-9-7-18(2)15-26(20)32-24/h3-16H,1-2H3. The average Bonchev–Trinajstić information content (AvgIpc) is 3.63. The maximum Gasteiger partial charge on any atom is 0.266 e. The van der Waals surface area contributed by atoms with Gasteiger partial charge in [0.1, 0.15) is 11.4 Å². The van der Waals surface area contributed by atoms with Gasteiger partial charge in [0.15, 0.2) is 0 Å². The fraction of sp³-hybridized carbons (Fsp3) is 0.0667. The highest BCUT2D eigenvalue weighted by atomic mass is 16.4. The SMILES string of the molecule is Cc1ccc2ccc(-c3nnc(-c4cccc(-c5nnc(-c6ccc7ccc(C)cc7n6)o5)c4)o3)nc2c1. The lowest BCUT2D eigenvalue weighted by Gasteiger charge is -2.01. The molecule has 0 unspecified atom stereocenters. The van der Waals surface area contributed by atoms with E-state index < -0.39 is 0 Å². The highest BCUT2D eigenvalue weighted by Crippen LogP contribution is 2.29. The molecule has 3 aromatic carbocycles. The van der Waals surface area contributed by atoms with Gasteiger partial charge in [-0.1, -0.05) is 42.5 Å². The Labute approximate surface area is 217 Å². The first-order valence-electron chi connectivity index (χ1n) is 12.1. The van der Waals surface area contributed by atoms with Crippen molar-refractivity contribution in [2.24, 2.45) is 0 Å².